The van der Waals surface area contributed by atoms with Gasteiger partial charge in [-0.05, 0) is 80.0 Å². The molecule has 3 N–H and O–H groups in total. The highest BCUT2D eigenvalue weighted by Crippen LogP contribution is 2.37. The van der Waals surface area contributed by atoms with E-state index in [4.69, 9.17) is 9.47 Å². The summed E-state index contributed by atoms with van der Waals surface area (Å²) in [7, 11) is 3.04. The average Bonchev–Trinajstić information content (AvgIpc) is 3.77. The van der Waals surface area contributed by atoms with E-state index in [0.29, 0.717) is 36.7 Å². The SMILES string of the molecule is CCCc1ccccc1.CNC(=O)CNC(=O)C1CN(C(=O)Cc2c[nH]c3cc(C)ccc23)CC2CN(C(=O)c3ccc(OC(C)C)c(OC)c3)CC21. The van der Waals surface area contributed by atoms with Gasteiger partial charge in [-0.3, -0.25) is 19.2 Å². The van der Waals surface area contributed by atoms with Crippen molar-refractivity contribution in [1.82, 2.24) is 25.4 Å². The number of H-pyrrole nitrogens is 1. The van der Waals surface area contributed by atoms with Crippen LogP contribution in [0.2, 0.25) is 0 Å². The molecule has 3 heterocycles. The van der Waals surface area contributed by atoms with E-state index in [-0.39, 0.29) is 61.1 Å². The first-order chi connectivity index (χ1) is 25.5. The van der Waals surface area contributed by atoms with Gasteiger partial charge in [0.1, 0.15) is 0 Å². The third-order valence-electron chi connectivity index (χ3n) is 9.98. The number of carbonyl (C=O) groups excluding carboxylic acids is 4. The second kappa shape index (κ2) is 17.9. The first-order valence-corrected chi connectivity index (χ1v) is 18.5. The van der Waals surface area contributed by atoms with Crippen molar-refractivity contribution < 1.29 is 28.7 Å². The number of rotatable bonds is 11. The summed E-state index contributed by atoms with van der Waals surface area (Å²) in [6.45, 7) is 9.35. The lowest BCUT2D eigenvalue weighted by Gasteiger charge is -2.39. The molecule has 6 rings (SSSR count). The lowest BCUT2D eigenvalue weighted by Crippen LogP contribution is -2.54. The smallest absolute Gasteiger partial charge is 0.254 e. The van der Waals surface area contributed by atoms with Crippen molar-refractivity contribution in [1.29, 1.82) is 0 Å². The number of carbonyl (C=O) groups is 4. The van der Waals surface area contributed by atoms with Crippen LogP contribution in [0.3, 0.4) is 0 Å². The van der Waals surface area contributed by atoms with Crippen LogP contribution in [0.1, 0.15) is 54.2 Å². The van der Waals surface area contributed by atoms with Gasteiger partial charge < -0.3 is 34.9 Å². The number of aromatic amines is 1. The van der Waals surface area contributed by atoms with Crippen LogP contribution in [-0.2, 0) is 27.2 Å². The van der Waals surface area contributed by atoms with Crippen LogP contribution in [0.4, 0.5) is 0 Å². The van der Waals surface area contributed by atoms with E-state index in [1.165, 1.54) is 32.6 Å². The second-order valence-electron chi connectivity index (χ2n) is 14.2. The quantitative estimate of drug-likeness (QED) is 0.196. The van der Waals surface area contributed by atoms with Crippen molar-refractivity contribution in [3.8, 4) is 11.5 Å². The lowest BCUT2D eigenvalue weighted by molar-refractivity contribution is -0.139. The summed E-state index contributed by atoms with van der Waals surface area (Å²) in [5.74, 6) is -0.655. The molecule has 11 heteroatoms. The van der Waals surface area contributed by atoms with Crippen molar-refractivity contribution in [3.05, 3.63) is 95.2 Å². The Morgan fingerprint density at radius 1 is 0.925 bits per heavy atom. The fourth-order valence-electron chi connectivity index (χ4n) is 7.30. The minimum Gasteiger partial charge on any atom is -0.493 e. The zero-order valence-electron chi connectivity index (χ0n) is 31.7. The first-order valence-electron chi connectivity index (χ1n) is 18.5. The predicted molar refractivity (Wildman–Crippen MR) is 206 cm³/mol. The molecule has 1 aromatic heterocycles. The van der Waals surface area contributed by atoms with Gasteiger partial charge in [0.2, 0.25) is 17.7 Å². The van der Waals surface area contributed by atoms with E-state index >= 15 is 0 Å². The molecule has 2 aliphatic heterocycles. The molecule has 2 saturated heterocycles. The first kappa shape index (κ1) is 38.9. The molecule has 0 radical (unpaired) electrons. The molecule has 53 heavy (non-hydrogen) atoms. The molecule has 3 unspecified atom stereocenters. The van der Waals surface area contributed by atoms with E-state index in [9.17, 15) is 19.2 Å². The fourth-order valence-corrected chi connectivity index (χ4v) is 7.30. The Balaban J connectivity index is 0.000000526. The van der Waals surface area contributed by atoms with Crippen molar-refractivity contribution in [3.63, 3.8) is 0 Å². The number of aromatic nitrogens is 1. The summed E-state index contributed by atoms with van der Waals surface area (Å²) in [4.78, 5) is 59.4. The Hall–Kier alpha value is -5.32. The number of aryl methyl sites for hydroxylation is 2. The molecular weight excluding hydrogens is 670 g/mol. The van der Waals surface area contributed by atoms with Gasteiger partial charge in [-0.2, -0.15) is 0 Å². The summed E-state index contributed by atoms with van der Waals surface area (Å²) in [5, 5.41) is 6.24. The van der Waals surface area contributed by atoms with Crippen LogP contribution in [0.25, 0.3) is 10.9 Å². The number of nitrogens with zero attached hydrogens (tertiary/aromatic N) is 2. The zero-order chi connectivity index (χ0) is 38.1. The predicted octanol–water partition coefficient (Wildman–Crippen LogP) is 5.16. The third kappa shape index (κ3) is 9.77. The molecule has 3 aromatic carbocycles. The maximum atomic E-state index is 13.7. The molecule has 0 bridgehead atoms. The Bertz CT molecular complexity index is 1890. The van der Waals surface area contributed by atoms with Crippen molar-refractivity contribution in [2.24, 2.45) is 17.8 Å². The molecule has 11 nitrogen and oxygen atoms in total. The second-order valence-corrected chi connectivity index (χ2v) is 14.2. The number of benzene rings is 3. The molecule has 3 atom stereocenters. The van der Waals surface area contributed by atoms with E-state index in [1.54, 1.807) is 28.0 Å². The maximum absolute atomic E-state index is 13.7. The number of nitrogens with one attached hydrogen (secondary N) is 3. The van der Waals surface area contributed by atoms with E-state index in [1.807, 2.05) is 45.2 Å². The van der Waals surface area contributed by atoms with Crippen molar-refractivity contribution in [2.75, 3.05) is 46.9 Å². The highest BCUT2D eigenvalue weighted by Gasteiger charge is 2.48. The Kier molecular flexibility index (Phi) is 13.2. The molecule has 4 aromatic rings. The minimum absolute atomic E-state index is 0.0514. The number of ether oxygens (including phenoxy) is 2. The minimum atomic E-state index is -0.567. The number of piperidine rings is 1. The van der Waals surface area contributed by atoms with Gasteiger partial charge in [-0.1, -0.05) is 55.8 Å². The van der Waals surface area contributed by atoms with Gasteiger partial charge in [0.05, 0.1) is 32.1 Å². The molecule has 2 aliphatic rings. The zero-order valence-corrected chi connectivity index (χ0v) is 31.7. The molecule has 0 saturated carbocycles. The number of likely N-dealkylation sites (tertiary alicyclic amines) is 2. The number of methoxy groups -OCH3 is 1. The normalized spacial score (nSPS) is 17.8. The van der Waals surface area contributed by atoms with E-state index < -0.39 is 5.92 Å². The summed E-state index contributed by atoms with van der Waals surface area (Å²) < 4.78 is 11.3. The molecule has 282 valence electrons. The van der Waals surface area contributed by atoms with Gasteiger partial charge in [-0.25, -0.2) is 0 Å². The lowest BCUT2D eigenvalue weighted by atomic mass is 9.79. The van der Waals surface area contributed by atoms with Crippen molar-refractivity contribution >= 4 is 34.5 Å². The number of hydrogen-bond acceptors (Lipinski definition) is 6. The van der Waals surface area contributed by atoms with Crippen LogP contribution in [0.15, 0.2) is 72.9 Å². The van der Waals surface area contributed by atoms with Crippen LogP contribution < -0.4 is 20.1 Å². The van der Waals surface area contributed by atoms with Gasteiger partial charge >= 0.3 is 0 Å². The summed E-state index contributed by atoms with van der Waals surface area (Å²) in [5.41, 5.74) is 4.90. The molecular formula is C42H53N5O6. The number of fused-ring (bicyclic) bond motifs is 2. The number of amides is 4. The topological polar surface area (TPSA) is 133 Å². The van der Waals surface area contributed by atoms with Gasteiger partial charge in [0, 0.05) is 55.9 Å². The van der Waals surface area contributed by atoms with Gasteiger partial charge in [-0.15, -0.1) is 0 Å². The van der Waals surface area contributed by atoms with Gasteiger partial charge in [0.25, 0.3) is 5.91 Å². The summed E-state index contributed by atoms with van der Waals surface area (Å²) in [6, 6.07) is 21.8. The van der Waals surface area contributed by atoms with Crippen LogP contribution >= 0.6 is 0 Å². The summed E-state index contributed by atoms with van der Waals surface area (Å²) >= 11 is 0. The Morgan fingerprint density at radius 3 is 2.38 bits per heavy atom. The highest BCUT2D eigenvalue weighted by atomic mass is 16.5. The van der Waals surface area contributed by atoms with Crippen molar-refractivity contribution in [2.45, 2.75) is 53.1 Å². The number of hydrogen-bond donors (Lipinski definition) is 3. The average molecular weight is 724 g/mol. The van der Waals surface area contributed by atoms with Gasteiger partial charge in [0.15, 0.2) is 11.5 Å². The Labute approximate surface area is 312 Å². The molecule has 2 fully saturated rings. The Morgan fingerprint density at radius 2 is 1.68 bits per heavy atom. The summed E-state index contributed by atoms with van der Waals surface area (Å²) in [6.07, 6.45) is 4.46. The largest absolute Gasteiger partial charge is 0.493 e. The van der Waals surface area contributed by atoms with Crippen LogP contribution in [0.5, 0.6) is 11.5 Å². The molecule has 4 amide bonds. The molecule has 0 spiro atoms. The van der Waals surface area contributed by atoms with E-state index in [0.717, 1.165) is 22.0 Å². The van der Waals surface area contributed by atoms with Crippen LogP contribution in [-0.4, -0.2) is 91.4 Å². The third-order valence-corrected chi connectivity index (χ3v) is 9.98. The number of likely N-dealkylation sites (N-methyl/N-ethyl adjacent to an activating group) is 1. The molecule has 0 aliphatic carbocycles. The van der Waals surface area contributed by atoms with E-state index in [2.05, 4.69) is 52.9 Å². The highest BCUT2D eigenvalue weighted by molar-refractivity contribution is 5.95. The standard InChI is InChI=1S/C33H41N5O6.C9H12/c1-19(2)44-28-9-7-21(11-29(28)43-5)33(42)38-16-23-15-37(18-26(25(23)17-38)32(41)36-14-30(39)34-4)31(40)12-22-13-35-27-10-20(3)6-8-24(22)27;1-2-6-9-7-4-3-5-8-9/h6-11,13,19,23,25-26,35H,12,14-18H2,1-5H3,(H,34,39)(H,36,41);3-5,7-8H,2,6H2,1H3. The maximum Gasteiger partial charge on any atom is 0.254 e. The fraction of sp³-hybridized carbons (Fsp3) is 0.429. The van der Waals surface area contributed by atoms with Crippen LogP contribution in [0, 0.1) is 24.7 Å². The monoisotopic (exact) mass is 723 g/mol.